The van der Waals surface area contributed by atoms with Crippen molar-refractivity contribution in [2.45, 2.75) is 46.5 Å². The van der Waals surface area contributed by atoms with Crippen molar-refractivity contribution in [3.63, 3.8) is 0 Å². The minimum absolute atomic E-state index is 0.668. The molecule has 0 unspecified atom stereocenters. The molecular weight excluding hydrogens is 192 g/mol. The van der Waals surface area contributed by atoms with Crippen LogP contribution in [-0.2, 0) is 0 Å². The van der Waals surface area contributed by atoms with Crippen molar-refractivity contribution in [1.82, 2.24) is 0 Å². The molecule has 0 fully saturated rings. The van der Waals surface area contributed by atoms with E-state index in [0.717, 1.165) is 5.92 Å². The highest BCUT2D eigenvalue weighted by Gasteiger charge is 2.09. The second-order valence-electron chi connectivity index (χ2n) is 5.17. The molecule has 0 N–H and O–H groups in total. The largest absolute Gasteiger partial charge is 0.0856 e. The first-order valence-electron chi connectivity index (χ1n) is 6.28. The summed E-state index contributed by atoms with van der Waals surface area (Å²) >= 11 is 0. The molecule has 0 aliphatic carbocycles. The molecule has 0 saturated heterocycles. The molecule has 0 aliphatic rings. The average Bonchev–Trinajstić information content (AvgIpc) is 2.27. The summed E-state index contributed by atoms with van der Waals surface area (Å²) in [5, 5.41) is 0. The summed E-state index contributed by atoms with van der Waals surface area (Å²) in [6, 6.07) is 10.8. The topological polar surface area (TPSA) is 0 Å². The first-order valence-corrected chi connectivity index (χ1v) is 6.28. The quantitative estimate of drug-likeness (QED) is 0.595. The van der Waals surface area contributed by atoms with E-state index >= 15 is 0 Å². The molecule has 0 nitrogen and oxygen atoms in total. The second kappa shape index (κ2) is 6.52. The van der Waals surface area contributed by atoms with Crippen molar-refractivity contribution in [1.29, 1.82) is 0 Å². The Kier molecular flexibility index (Phi) is 5.31. The lowest BCUT2D eigenvalue weighted by Gasteiger charge is -2.16. The molecule has 0 heteroatoms. The van der Waals surface area contributed by atoms with Crippen LogP contribution in [0.5, 0.6) is 0 Å². The summed E-state index contributed by atoms with van der Waals surface area (Å²) in [6.45, 7) is 9.02. The third-order valence-electron chi connectivity index (χ3n) is 3.05. The molecule has 0 aromatic heterocycles. The summed E-state index contributed by atoms with van der Waals surface area (Å²) in [7, 11) is 0. The van der Waals surface area contributed by atoms with Crippen LogP contribution in [0.25, 0.3) is 0 Å². The zero-order valence-electron chi connectivity index (χ0n) is 11.0. The third kappa shape index (κ3) is 4.65. The molecule has 1 aromatic rings. The molecule has 0 saturated carbocycles. The highest BCUT2D eigenvalue weighted by molar-refractivity contribution is 5.18. The van der Waals surface area contributed by atoms with Crippen LogP contribution < -0.4 is 0 Å². The van der Waals surface area contributed by atoms with Crippen LogP contribution in [-0.4, -0.2) is 0 Å². The normalized spacial score (nSPS) is 14.2. The van der Waals surface area contributed by atoms with E-state index in [1.165, 1.54) is 24.0 Å². The van der Waals surface area contributed by atoms with Crippen molar-refractivity contribution < 1.29 is 0 Å². The van der Waals surface area contributed by atoms with E-state index in [4.69, 9.17) is 0 Å². The zero-order valence-corrected chi connectivity index (χ0v) is 11.0. The molecule has 0 heterocycles. The van der Waals surface area contributed by atoms with E-state index in [9.17, 15) is 0 Å². The highest BCUT2D eigenvalue weighted by atomic mass is 14.1. The average molecular weight is 216 g/mol. The van der Waals surface area contributed by atoms with Gasteiger partial charge in [-0.3, -0.25) is 0 Å². The van der Waals surface area contributed by atoms with Gasteiger partial charge in [-0.05, 0) is 44.1 Å². The predicted octanol–water partition coefficient (Wildman–Crippen LogP) is 5.17. The summed E-state index contributed by atoms with van der Waals surface area (Å²) in [6.07, 6.45) is 4.83. The van der Waals surface area contributed by atoms with Gasteiger partial charge in [-0.25, -0.2) is 0 Å². The maximum absolute atomic E-state index is 2.35. The maximum atomic E-state index is 2.35. The Bertz CT molecular complexity index is 317. The van der Waals surface area contributed by atoms with Gasteiger partial charge in [-0.15, -0.1) is 0 Å². The molecule has 1 aromatic carbocycles. The summed E-state index contributed by atoms with van der Waals surface area (Å²) < 4.78 is 0. The van der Waals surface area contributed by atoms with Gasteiger partial charge < -0.3 is 0 Å². The molecule has 0 amide bonds. The fraction of sp³-hybridized carbons (Fsp3) is 0.500. The van der Waals surface area contributed by atoms with E-state index in [1.807, 2.05) is 0 Å². The minimum Gasteiger partial charge on any atom is -0.0856 e. The van der Waals surface area contributed by atoms with Crippen LogP contribution >= 0.6 is 0 Å². The van der Waals surface area contributed by atoms with Crippen LogP contribution in [0.4, 0.5) is 0 Å². The predicted molar refractivity (Wildman–Crippen MR) is 72.7 cm³/mol. The first-order chi connectivity index (χ1) is 7.59. The van der Waals surface area contributed by atoms with Crippen LogP contribution in [0.1, 0.15) is 52.0 Å². The summed E-state index contributed by atoms with van der Waals surface area (Å²) in [4.78, 5) is 0. The number of hydrogen-bond donors (Lipinski definition) is 0. The van der Waals surface area contributed by atoms with Crippen molar-refractivity contribution in [2.24, 2.45) is 5.92 Å². The Morgan fingerprint density at radius 2 is 1.75 bits per heavy atom. The zero-order chi connectivity index (χ0) is 12.0. The van der Waals surface area contributed by atoms with Crippen LogP contribution in [0.3, 0.4) is 0 Å². The third-order valence-corrected chi connectivity index (χ3v) is 3.05. The lowest BCUT2D eigenvalue weighted by atomic mass is 9.89. The molecule has 1 rings (SSSR count). The monoisotopic (exact) mass is 216 g/mol. The van der Waals surface area contributed by atoms with Gasteiger partial charge in [0.15, 0.2) is 0 Å². The Morgan fingerprint density at radius 3 is 2.31 bits per heavy atom. The molecule has 0 spiro atoms. The van der Waals surface area contributed by atoms with Crippen molar-refractivity contribution in [2.75, 3.05) is 0 Å². The van der Waals surface area contributed by atoms with Crippen molar-refractivity contribution in [3.05, 3.63) is 47.5 Å². The number of rotatable bonds is 5. The Labute approximate surface area is 100 Å². The van der Waals surface area contributed by atoms with E-state index in [-0.39, 0.29) is 0 Å². The lowest BCUT2D eigenvalue weighted by Crippen LogP contribution is -2.01. The van der Waals surface area contributed by atoms with Gasteiger partial charge in [-0.1, -0.05) is 55.8 Å². The number of benzene rings is 1. The van der Waals surface area contributed by atoms with E-state index in [1.54, 1.807) is 0 Å². The fourth-order valence-electron chi connectivity index (χ4n) is 2.05. The second-order valence-corrected chi connectivity index (χ2v) is 5.17. The molecule has 0 aliphatic heterocycles. The lowest BCUT2D eigenvalue weighted by molar-refractivity contribution is 0.488. The molecule has 2 atom stereocenters. The first kappa shape index (κ1) is 13.0. The van der Waals surface area contributed by atoms with Gasteiger partial charge in [0, 0.05) is 0 Å². The molecule has 16 heavy (non-hydrogen) atoms. The molecular formula is C16H24. The van der Waals surface area contributed by atoms with Crippen molar-refractivity contribution >= 4 is 0 Å². The smallest absolute Gasteiger partial charge is 0.0188 e. The van der Waals surface area contributed by atoms with Gasteiger partial charge in [0.05, 0.1) is 0 Å². The van der Waals surface area contributed by atoms with Gasteiger partial charge in [-0.2, -0.15) is 0 Å². The Balaban J connectivity index is 2.45. The van der Waals surface area contributed by atoms with Gasteiger partial charge in [0.1, 0.15) is 0 Å². The fourth-order valence-corrected chi connectivity index (χ4v) is 2.05. The number of hydrogen-bond acceptors (Lipinski definition) is 0. The highest BCUT2D eigenvalue weighted by Crippen LogP contribution is 2.24. The maximum Gasteiger partial charge on any atom is -0.0188 e. The van der Waals surface area contributed by atoms with E-state index in [0.29, 0.717) is 5.92 Å². The molecule has 0 bridgehead atoms. The van der Waals surface area contributed by atoms with E-state index in [2.05, 4.69) is 64.1 Å². The van der Waals surface area contributed by atoms with Crippen LogP contribution in [0, 0.1) is 5.92 Å². The van der Waals surface area contributed by atoms with Crippen LogP contribution in [0.15, 0.2) is 42.0 Å². The SMILES string of the molecule is CC(C)=CC[C@@H](C)C[C@H](C)c1ccccc1. The standard InChI is InChI=1S/C16H24/c1-13(2)10-11-14(3)12-15(4)16-8-6-5-7-9-16/h5-10,14-15H,11-12H2,1-4H3/t14-,15+/m1/s1. The van der Waals surface area contributed by atoms with Crippen molar-refractivity contribution in [3.8, 4) is 0 Å². The van der Waals surface area contributed by atoms with Gasteiger partial charge in [0.2, 0.25) is 0 Å². The van der Waals surface area contributed by atoms with Gasteiger partial charge in [0.25, 0.3) is 0 Å². The molecule has 88 valence electrons. The van der Waals surface area contributed by atoms with Crippen LogP contribution in [0.2, 0.25) is 0 Å². The Morgan fingerprint density at radius 1 is 1.12 bits per heavy atom. The van der Waals surface area contributed by atoms with E-state index < -0.39 is 0 Å². The summed E-state index contributed by atoms with van der Waals surface area (Å²) in [5.41, 5.74) is 2.89. The minimum atomic E-state index is 0.668. The van der Waals surface area contributed by atoms with Gasteiger partial charge >= 0.3 is 0 Å². The Hall–Kier alpha value is -1.04. The number of allylic oxidation sites excluding steroid dienone is 2. The molecule has 0 radical (unpaired) electrons. The summed E-state index contributed by atoms with van der Waals surface area (Å²) in [5.74, 6) is 1.44.